The van der Waals surface area contributed by atoms with Gasteiger partial charge in [-0.2, -0.15) is 13.2 Å². The average molecular weight is 401 g/mol. The van der Waals surface area contributed by atoms with E-state index in [0.717, 1.165) is 6.07 Å². The monoisotopic (exact) mass is 400 g/mol. The van der Waals surface area contributed by atoms with Crippen molar-refractivity contribution in [1.82, 2.24) is 0 Å². The summed E-state index contributed by atoms with van der Waals surface area (Å²) in [6, 6.07) is 2.00. The summed E-state index contributed by atoms with van der Waals surface area (Å²) in [5.41, 5.74) is -2.31. The summed E-state index contributed by atoms with van der Waals surface area (Å²) in [4.78, 5) is 0. The maximum absolute atomic E-state index is 12.5. The van der Waals surface area contributed by atoms with Crippen molar-refractivity contribution >= 4 is 38.5 Å². The molecule has 0 aliphatic rings. The van der Waals surface area contributed by atoms with E-state index in [-0.39, 0.29) is 8.04 Å². The van der Waals surface area contributed by atoms with Crippen LogP contribution < -0.4 is 0 Å². The largest absolute Gasteiger partial charge is 0.418 e. The smallest absolute Gasteiger partial charge is 0.205 e. The lowest BCUT2D eigenvalue weighted by molar-refractivity contribution is -0.140. The van der Waals surface area contributed by atoms with Crippen molar-refractivity contribution in [2.45, 2.75) is 12.6 Å². The predicted octanol–water partition coefficient (Wildman–Crippen LogP) is 5.01. The Hall–Kier alpha value is 0.0800. The van der Waals surface area contributed by atoms with E-state index in [2.05, 4.69) is 15.9 Å². The zero-order valence-electron chi connectivity index (χ0n) is 6.88. The molecule has 7 heteroatoms. The van der Waals surface area contributed by atoms with Crippen molar-refractivity contribution < 1.29 is 22.0 Å². The summed E-state index contributed by atoms with van der Waals surface area (Å²) in [6.45, 7) is 0. The van der Waals surface area contributed by atoms with E-state index in [1.165, 1.54) is 6.07 Å². The zero-order valence-corrected chi connectivity index (χ0v) is 10.6. The first-order chi connectivity index (χ1) is 6.75. The molecule has 0 spiro atoms. The third kappa shape index (κ3) is 2.80. The Morgan fingerprint density at radius 2 is 1.73 bits per heavy atom. The molecule has 0 heterocycles. The van der Waals surface area contributed by atoms with Gasteiger partial charge in [0, 0.05) is 13.6 Å². The molecule has 0 saturated carbocycles. The molecule has 0 atom stereocenters. The fraction of sp³-hybridized carbons (Fsp3) is 0.250. The molecule has 0 aromatic heterocycles. The van der Waals surface area contributed by atoms with E-state index >= 15 is 0 Å². The molecular formula is C8H3BrF5I. The van der Waals surface area contributed by atoms with Crippen molar-refractivity contribution in [3.05, 3.63) is 31.3 Å². The molecule has 1 rings (SSSR count). The number of rotatable bonds is 1. The fourth-order valence-corrected chi connectivity index (χ4v) is 2.07. The molecule has 15 heavy (non-hydrogen) atoms. The molecule has 0 fully saturated rings. The Bertz CT molecular complexity index is 374. The van der Waals surface area contributed by atoms with Gasteiger partial charge in [0.15, 0.2) is 0 Å². The van der Waals surface area contributed by atoms with Gasteiger partial charge in [0.05, 0.1) is 5.56 Å². The maximum Gasteiger partial charge on any atom is 0.418 e. The number of halogens is 7. The third-order valence-electron chi connectivity index (χ3n) is 1.65. The number of alkyl halides is 5. The summed E-state index contributed by atoms with van der Waals surface area (Å²) in [5, 5.41) is 0. The molecule has 0 bridgehead atoms. The second-order valence-electron chi connectivity index (χ2n) is 2.62. The highest BCUT2D eigenvalue weighted by atomic mass is 127. The molecule has 0 radical (unpaired) electrons. The van der Waals surface area contributed by atoms with Crippen LogP contribution in [0.4, 0.5) is 22.0 Å². The first-order valence-electron chi connectivity index (χ1n) is 3.58. The molecule has 0 aliphatic heterocycles. The van der Waals surface area contributed by atoms with Gasteiger partial charge in [0.25, 0.3) is 6.43 Å². The van der Waals surface area contributed by atoms with Crippen molar-refractivity contribution in [3.8, 4) is 0 Å². The minimum Gasteiger partial charge on any atom is -0.205 e. The van der Waals surface area contributed by atoms with Gasteiger partial charge in [-0.15, -0.1) is 0 Å². The quantitative estimate of drug-likeness (QED) is 0.459. The Balaban J connectivity index is 3.49. The average Bonchev–Trinajstić information content (AvgIpc) is 2.06. The van der Waals surface area contributed by atoms with Crippen LogP contribution in [-0.2, 0) is 6.18 Å². The van der Waals surface area contributed by atoms with Gasteiger partial charge < -0.3 is 0 Å². The zero-order chi connectivity index (χ0) is 11.8. The van der Waals surface area contributed by atoms with E-state index in [0.29, 0.717) is 0 Å². The Morgan fingerprint density at radius 1 is 1.20 bits per heavy atom. The summed E-state index contributed by atoms with van der Waals surface area (Å²) >= 11 is 4.31. The molecule has 0 unspecified atom stereocenters. The lowest BCUT2D eigenvalue weighted by Crippen LogP contribution is -2.11. The number of hydrogen-bond acceptors (Lipinski definition) is 0. The maximum atomic E-state index is 12.5. The van der Waals surface area contributed by atoms with Gasteiger partial charge in [-0.05, 0) is 44.6 Å². The number of hydrogen-bond donors (Lipinski definition) is 0. The minimum atomic E-state index is -4.79. The fourth-order valence-electron chi connectivity index (χ4n) is 1.04. The van der Waals surface area contributed by atoms with Crippen LogP contribution in [0.15, 0.2) is 16.6 Å². The third-order valence-corrected chi connectivity index (χ3v) is 4.11. The Labute approximate surface area is 104 Å². The molecule has 0 N–H and O–H groups in total. The van der Waals surface area contributed by atoms with Gasteiger partial charge >= 0.3 is 6.18 Å². The topological polar surface area (TPSA) is 0 Å². The highest BCUT2D eigenvalue weighted by molar-refractivity contribution is 14.1. The van der Waals surface area contributed by atoms with Crippen LogP contribution in [0, 0.1) is 3.57 Å². The number of benzene rings is 1. The standard InChI is InChI=1S/C8H3BrF5I/c9-6-4(15)2-1-3(7(10)11)5(6)8(12,13)14/h1-2,7H. The molecule has 1 aromatic carbocycles. The second-order valence-corrected chi connectivity index (χ2v) is 4.58. The van der Waals surface area contributed by atoms with E-state index in [1.807, 2.05) is 0 Å². The van der Waals surface area contributed by atoms with E-state index in [9.17, 15) is 22.0 Å². The van der Waals surface area contributed by atoms with Gasteiger partial charge in [-0.25, -0.2) is 8.78 Å². The van der Waals surface area contributed by atoms with Gasteiger partial charge in [-0.1, -0.05) is 6.07 Å². The van der Waals surface area contributed by atoms with Gasteiger partial charge in [0.1, 0.15) is 0 Å². The Kier molecular flexibility index (Phi) is 3.96. The summed E-state index contributed by atoms with van der Waals surface area (Å²) < 4.78 is 62.0. The van der Waals surface area contributed by atoms with Crippen molar-refractivity contribution in [3.63, 3.8) is 0 Å². The molecule has 0 saturated heterocycles. The van der Waals surface area contributed by atoms with Crippen LogP contribution in [0.3, 0.4) is 0 Å². The Morgan fingerprint density at radius 3 is 2.13 bits per heavy atom. The van der Waals surface area contributed by atoms with Crippen LogP contribution in [0.2, 0.25) is 0 Å². The summed E-state index contributed by atoms with van der Waals surface area (Å²) in [7, 11) is 0. The van der Waals surface area contributed by atoms with Crippen molar-refractivity contribution in [2.24, 2.45) is 0 Å². The highest BCUT2D eigenvalue weighted by Crippen LogP contribution is 2.42. The molecule has 0 amide bonds. The van der Waals surface area contributed by atoms with E-state index in [1.54, 1.807) is 22.6 Å². The van der Waals surface area contributed by atoms with Crippen molar-refractivity contribution in [2.75, 3.05) is 0 Å². The van der Waals surface area contributed by atoms with E-state index < -0.39 is 23.7 Å². The predicted molar refractivity (Wildman–Crippen MR) is 56.8 cm³/mol. The SMILES string of the molecule is FC(F)c1ccc(I)c(Br)c1C(F)(F)F. The lowest BCUT2D eigenvalue weighted by Gasteiger charge is -2.15. The lowest BCUT2D eigenvalue weighted by atomic mass is 10.1. The highest BCUT2D eigenvalue weighted by Gasteiger charge is 2.38. The molecular weight excluding hydrogens is 398 g/mol. The minimum absolute atomic E-state index is 0.240. The van der Waals surface area contributed by atoms with Crippen LogP contribution >= 0.6 is 38.5 Å². The van der Waals surface area contributed by atoms with Crippen LogP contribution in [0.5, 0.6) is 0 Å². The molecule has 84 valence electrons. The first-order valence-corrected chi connectivity index (χ1v) is 5.45. The van der Waals surface area contributed by atoms with Crippen molar-refractivity contribution in [1.29, 1.82) is 0 Å². The molecule has 1 aromatic rings. The first kappa shape index (κ1) is 13.1. The second kappa shape index (κ2) is 4.52. The van der Waals surface area contributed by atoms with Crippen LogP contribution in [-0.4, -0.2) is 0 Å². The van der Waals surface area contributed by atoms with Crippen LogP contribution in [0.25, 0.3) is 0 Å². The van der Waals surface area contributed by atoms with Gasteiger partial charge in [0.2, 0.25) is 0 Å². The summed E-state index contributed by atoms with van der Waals surface area (Å²) in [5.74, 6) is 0. The van der Waals surface area contributed by atoms with Crippen LogP contribution in [0.1, 0.15) is 17.6 Å². The normalized spacial score (nSPS) is 12.3. The molecule has 0 aliphatic carbocycles. The van der Waals surface area contributed by atoms with E-state index in [4.69, 9.17) is 0 Å². The van der Waals surface area contributed by atoms with Gasteiger partial charge in [-0.3, -0.25) is 0 Å². The molecule has 0 nitrogen and oxygen atoms in total. The summed E-state index contributed by atoms with van der Waals surface area (Å²) in [6.07, 6.45) is -7.93.